The van der Waals surface area contributed by atoms with Crippen molar-refractivity contribution in [2.24, 2.45) is 0 Å². The third kappa shape index (κ3) is 2.45. The van der Waals surface area contributed by atoms with Gasteiger partial charge in [-0.2, -0.15) is 0 Å². The Balaban J connectivity index is 2.88. The van der Waals surface area contributed by atoms with Crippen molar-refractivity contribution in [1.82, 2.24) is 9.55 Å². The number of alkyl halides is 1. The van der Waals surface area contributed by atoms with Crippen LogP contribution in [0.2, 0.25) is 0 Å². The van der Waals surface area contributed by atoms with Crippen molar-refractivity contribution in [3.05, 3.63) is 22.7 Å². The predicted molar refractivity (Wildman–Crippen MR) is 53.4 cm³/mol. The van der Waals surface area contributed by atoms with Crippen LogP contribution < -0.4 is 10.9 Å². The zero-order valence-electron chi connectivity index (χ0n) is 7.46. The highest BCUT2D eigenvalue weighted by Gasteiger charge is 2.01. The van der Waals surface area contributed by atoms with E-state index in [1.165, 1.54) is 0 Å². The maximum Gasteiger partial charge on any atom is 0.293 e. The standard InChI is InChI=1S/C8H12ClN3O/c1-2-12-6-5-11-7(8(12)13)10-4-3-9/h5-6H,2-4H2,1H3,(H,10,11). The third-order valence-electron chi connectivity index (χ3n) is 1.64. The zero-order chi connectivity index (χ0) is 9.68. The van der Waals surface area contributed by atoms with E-state index in [4.69, 9.17) is 11.6 Å². The van der Waals surface area contributed by atoms with Gasteiger partial charge in [-0.1, -0.05) is 0 Å². The monoisotopic (exact) mass is 201 g/mol. The van der Waals surface area contributed by atoms with Gasteiger partial charge in [0, 0.05) is 31.4 Å². The summed E-state index contributed by atoms with van der Waals surface area (Å²) in [6, 6.07) is 0. The van der Waals surface area contributed by atoms with Gasteiger partial charge < -0.3 is 9.88 Å². The summed E-state index contributed by atoms with van der Waals surface area (Å²) in [6.07, 6.45) is 3.26. The molecule has 1 heterocycles. The molecule has 72 valence electrons. The molecule has 0 aromatic carbocycles. The second-order valence-electron chi connectivity index (χ2n) is 2.48. The Morgan fingerprint density at radius 2 is 2.46 bits per heavy atom. The Bertz CT molecular complexity index is 323. The van der Waals surface area contributed by atoms with Crippen LogP contribution in [0.15, 0.2) is 17.2 Å². The molecular weight excluding hydrogens is 190 g/mol. The first-order valence-electron chi connectivity index (χ1n) is 4.15. The molecule has 0 radical (unpaired) electrons. The number of hydrogen-bond acceptors (Lipinski definition) is 3. The van der Waals surface area contributed by atoms with E-state index in [0.717, 1.165) is 0 Å². The average Bonchev–Trinajstić information content (AvgIpc) is 2.16. The number of aromatic nitrogens is 2. The number of nitrogens with zero attached hydrogens (tertiary/aromatic N) is 2. The summed E-state index contributed by atoms with van der Waals surface area (Å²) in [4.78, 5) is 15.4. The maximum atomic E-state index is 11.5. The van der Waals surface area contributed by atoms with Crippen LogP contribution in [-0.2, 0) is 6.54 Å². The van der Waals surface area contributed by atoms with Crippen LogP contribution in [0.1, 0.15) is 6.92 Å². The van der Waals surface area contributed by atoms with E-state index in [1.54, 1.807) is 17.0 Å². The summed E-state index contributed by atoms with van der Waals surface area (Å²) >= 11 is 5.48. The van der Waals surface area contributed by atoms with Crippen LogP contribution in [0.3, 0.4) is 0 Å². The molecule has 1 rings (SSSR count). The molecule has 0 fully saturated rings. The number of rotatable bonds is 4. The van der Waals surface area contributed by atoms with Crippen LogP contribution in [0.5, 0.6) is 0 Å². The molecule has 0 unspecified atom stereocenters. The fourth-order valence-corrected chi connectivity index (χ4v) is 1.08. The Morgan fingerprint density at radius 3 is 3.08 bits per heavy atom. The molecule has 0 aliphatic rings. The molecule has 0 aliphatic heterocycles. The minimum Gasteiger partial charge on any atom is -0.364 e. The van der Waals surface area contributed by atoms with Gasteiger partial charge in [-0.25, -0.2) is 4.98 Å². The molecule has 4 nitrogen and oxygen atoms in total. The SMILES string of the molecule is CCn1ccnc(NCCCl)c1=O. The highest BCUT2D eigenvalue weighted by atomic mass is 35.5. The van der Waals surface area contributed by atoms with Crippen LogP contribution in [0, 0.1) is 0 Å². The quantitative estimate of drug-likeness (QED) is 0.737. The lowest BCUT2D eigenvalue weighted by Gasteiger charge is -2.05. The second kappa shape index (κ2) is 4.87. The highest BCUT2D eigenvalue weighted by Crippen LogP contribution is 1.92. The molecule has 0 bridgehead atoms. The van der Waals surface area contributed by atoms with E-state index in [2.05, 4.69) is 10.3 Å². The summed E-state index contributed by atoms with van der Waals surface area (Å²) in [6.45, 7) is 3.11. The molecule has 0 spiro atoms. The van der Waals surface area contributed by atoms with Crippen molar-refractivity contribution >= 4 is 17.4 Å². The molecule has 13 heavy (non-hydrogen) atoms. The normalized spacial score (nSPS) is 10.0. The van der Waals surface area contributed by atoms with Crippen molar-refractivity contribution in [2.45, 2.75) is 13.5 Å². The molecular formula is C8H12ClN3O. The Morgan fingerprint density at radius 1 is 1.69 bits per heavy atom. The lowest BCUT2D eigenvalue weighted by atomic mass is 10.5. The maximum absolute atomic E-state index is 11.5. The highest BCUT2D eigenvalue weighted by molar-refractivity contribution is 6.18. The lowest BCUT2D eigenvalue weighted by Crippen LogP contribution is -2.24. The van der Waals surface area contributed by atoms with Crippen LogP contribution >= 0.6 is 11.6 Å². The van der Waals surface area contributed by atoms with Gasteiger partial charge in [0.1, 0.15) is 0 Å². The fraction of sp³-hybridized carbons (Fsp3) is 0.500. The number of hydrogen-bond donors (Lipinski definition) is 1. The Kier molecular flexibility index (Phi) is 3.76. The molecule has 1 aromatic heterocycles. The molecule has 0 amide bonds. The van der Waals surface area contributed by atoms with Crippen molar-refractivity contribution < 1.29 is 0 Å². The molecule has 1 aromatic rings. The van der Waals surface area contributed by atoms with E-state index < -0.39 is 0 Å². The number of anilines is 1. The van der Waals surface area contributed by atoms with E-state index >= 15 is 0 Å². The minimum atomic E-state index is -0.102. The predicted octanol–water partition coefficient (Wildman–Crippen LogP) is 0.914. The first kappa shape index (κ1) is 10.1. The molecule has 0 aliphatic carbocycles. The van der Waals surface area contributed by atoms with Gasteiger partial charge >= 0.3 is 0 Å². The van der Waals surface area contributed by atoms with Crippen molar-refractivity contribution in [3.8, 4) is 0 Å². The summed E-state index contributed by atoms with van der Waals surface area (Å²) in [5.74, 6) is 0.826. The Hall–Kier alpha value is -1.03. The zero-order valence-corrected chi connectivity index (χ0v) is 8.21. The van der Waals surface area contributed by atoms with Gasteiger partial charge in [0.05, 0.1) is 0 Å². The molecule has 5 heteroatoms. The Labute approximate surface area is 81.6 Å². The first-order valence-corrected chi connectivity index (χ1v) is 4.68. The number of aryl methyl sites for hydroxylation is 1. The summed E-state index contributed by atoms with van der Waals surface area (Å²) < 4.78 is 1.59. The molecule has 0 saturated heterocycles. The third-order valence-corrected chi connectivity index (χ3v) is 1.83. The van der Waals surface area contributed by atoms with Gasteiger partial charge in [-0.15, -0.1) is 11.6 Å². The van der Waals surface area contributed by atoms with Gasteiger partial charge in [0.2, 0.25) is 0 Å². The summed E-state index contributed by atoms with van der Waals surface area (Å²) in [5, 5.41) is 2.86. The van der Waals surface area contributed by atoms with Gasteiger partial charge in [-0.3, -0.25) is 4.79 Å². The smallest absolute Gasteiger partial charge is 0.293 e. The van der Waals surface area contributed by atoms with E-state index in [0.29, 0.717) is 24.8 Å². The number of halogens is 1. The average molecular weight is 202 g/mol. The summed E-state index contributed by atoms with van der Waals surface area (Å²) in [5.41, 5.74) is -0.102. The van der Waals surface area contributed by atoms with E-state index in [1.807, 2.05) is 6.92 Å². The largest absolute Gasteiger partial charge is 0.364 e. The topological polar surface area (TPSA) is 46.9 Å². The molecule has 1 N–H and O–H groups in total. The van der Waals surface area contributed by atoms with E-state index in [-0.39, 0.29) is 5.56 Å². The van der Waals surface area contributed by atoms with Crippen molar-refractivity contribution in [1.29, 1.82) is 0 Å². The summed E-state index contributed by atoms with van der Waals surface area (Å²) in [7, 11) is 0. The molecule has 0 saturated carbocycles. The number of nitrogens with one attached hydrogen (secondary N) is 1. The minimum absolute atomic E-state index is 0.102. The van der Waals surface area contributed by atoms with Gasteiger partial charge in [-0.05, 0) is 6.92 Å². The van der Waals surface area contributed by atoms with E-state index in [9.17, 15) is 4.79 Å². The van der Waals surface area contributed by atoms with Crippen molar-refractivity contribution in [2.75, 3.05) is 17.7 Å². The van der Waals surface area contributed by atoms with Crippen LogP contribution in [0.25, 0.3) is 0 Å². The lowest BCUT2D eigenvalue weighted by molar-refractivity contribution is 0.719. The van der Waals surface area contributed by atoms with Crippen molar-refractivity contribution in [3.63, 3.8) is 0 Å². The second-order valence-corrected chi connectivity index (χ2v) is 2.86. The van der Waals surface area contributed by atoms with Crippen LogP contribution in [0.4, 0.5) is 5.82 Å². The fourth-order valence-electron chi connectivity index (χ4n) is 0.983. The van der Waals surface area contributed by atoms with Gasteiger partial charge in [0.25, 0.3) is 5.56 Å². The molecule has 0 atom stereocenters. The van der Waals surface area contributed by atoms with Gasteiger partial charge in [0.15, 0.2) is 5.82 Å². The van der Waals surface area contributed by atoms with Crippen LogP contribution in [-0.4, -0.2) is 22.0 Å². The first-order chi connectivity index (χ1) is 6.29.